The molecule has 0 aromatic heterocycles. The van der Waals surface area contributed by atoms with Crippen LogP contribution in [0.4, 0.5) is 4.39 Å². The Bertz CT molecular complexity index is 750. The Kier molecular flexibility index (Phi) is 10.1. The molecule has 0 bridgehead atoms. The molecule has 1 aromatic rings. The molecule has 0 amide bonds. The first-order valence-corrected chi connectivity index (χ1v) is 11.2. The van der Waals surface area contributed by atoms with Crippen molar-refractivity contribution in [2.75, 3.05) is 38.5 Å². The van der Waals surface area contributed by atoms with Crippen molar-refractivity contribution in [2.45, 2.75) is 39.0 Å². The van der Waals surface area contributed by atoms with Crippen LogP contribution in [-0.2, 0) is 15.4 Å². The van der Waals surface area contributed by atoms with Crippen LogP contribution in [0.1, 0.15) is 39.2 Å². The summed E-state index contributed by atoms with van der Waals surface area (Å²) in [5.41, 5.74) is 0.481. The Balaban J connectivity index is 0.00000392. The minimum atomic E-state index is -3.27. The molecule has 2 N–H and O–H groups in total. The third-order valence-corrected chi connectivity index (χ3v) is 6.96. The Morgan fingerprint density at radius 3 is 2.36 bits per heavy atom. The van der Waals surface area contributed by atoms with E-state index in [2.05, 4.69) is 15.6 Å². The second kappa shape index (κ2) is 11.3. The monoisotopic (exact) mass is 526 g/mol. The van der Waals surface area contributed by atoms with Crippen LogP contribution in [0.3, 0.4) is 0 Å². The van der Waals surface area contributed by atoms with Gasteiger partial charge in [-0.3, -0.25) is 4.99 Å². The highest BCUT2D eigenvalue weighted by Crippen LogP contribution is 2.49. The molecule has 1 saturated carbocycles. The van der Waals surface area contributed by atoms with Crippen LogP contribution >= 0.6 is 24.0 Å². The maximum atomic E-state index is 14.1. The van der Waals surface area contributed by atoms with Gasteiger partial charge in [0.15, 0.2) is 5.96 Å². The van der Waals surface area contributed by atoms with Crippen molar-refractivity contribution in [1.82, 2.24) is 14.9 Å². The van der Waals surface area contributed by atoms with Crippen LogP contribution in [0.25, 0.3) is 0 Å². The van der Waals surface area contributed by atoms with E-state index >= 15 is 0 Å². The number of guanidine groups is 1. The zero-order valence-corrected chi connectivity index (χ0v) is 20.0. The Hall–Kier alpha value is -0.940. The first kappa shape index (κ1) is 25.1. The molecule has 0 spiro atoms. The summed E-state index contributed by atoms with van der Waals surface area (Å²) in [5, 5.41) is 6.21. The fourth-order valence-corrected chi connectivity index (χ4v) is 4.58. The van der Waals surface area contributed by atoms with Gasteiger partial charge >= 0.3 is 0 Å². The van der Waals surface area contributed by atoms with Gasteiger partial charge in [0.25, 0.3) is 0 Å². The number of nitrogens with zero attached hydrogens (tertiary/aromatic N) is 2. The molecular weight excluding hydrogens is 494 g/mol. The normalized spacial score (nSPS) is 15.8. The third kappa shape index (κ3) is 6.55. The van der Waals surface area contributed by atoms with Gasteiger partial charge in [0.2, 0.25) is 10.0 Å². The summed E-state index contributed by atoms with van der Waals surface area (Å²) in [6, 6.07) is 6.86. The average Bonchev–Trinajstić information content (AvgIpc) is 3.41. The molecule has 1 aliphatic carbocycles. The van der Waals surface area contributed by atoms with Crippen molar-refractivity contribution in [3.8, 4) is 0 Å². The van der Waals surface area contributed by atoms with Gasteiger partial charge in [-0.15, -0.1) is 24.0 Å². The molecule has 6 nitrogen and oxygen atoms in total. The van der Waals surface area contributed by atoms with Crippen LogP contribution in [0.2, 0.25) is 0 Å². The van der Waals surface area contributed by atoms with E-state index in [0.717, 1.165) is 12.8 Å². The number of halogens is 2. The van der Waals surface area contributed by atoms with Gasteiger partial charge in [0, 0.05) is 31.6 Å². The lowest BCUT2D eigenvalue weighted by atomic mass is 9.95. The first-order chi connectivity index (χ1) is 12.9. The van der Waals surface area contributed by atoms with Gasteiger partial charge in [0.1, 0.15) is 5.82 Å². The lowest BCUT2D eigenvalue weighted by Gasteiger charge is -2.19. The molecular formula is C19H32FIN4O2S. The lowest BCUT2D eigenvalue weighted by Crippen LogP contribution is -2.42. The van der Waals surface area contributed by atoms with Gasteiger partial charge in [-0.05, 0) is 31.4 Å². The van der Waals surface area contributed by atoms with Gasteiger partial charge in [-0.25, -0.2) is 17.1 Å². The topological polar surface area (TPSA) is 73.8 Å². The SMILES string of the molecule is CCNC(=NCC1(c2ccccc2F)CC1)NCCS(=O)(=O)N(CC)CC.I. The Morgan fingerprint density at radius 2 is 1.82 bits per heavy atom. The summed E-state index contributed by atoms with van der Waals surface area (Å²) in [5.74, 6) is 0.390. The summed E-state index contributed by atoms with van der Waals surface area (Å²) >= 11 is 0. The number of sulfonamides is 1. The van der Waals surface area contributed by atoms with Gasteiger partial charge < -0.3 is 10.6 Å². The molecule has 0 saturated heterocycles. The van der Waals surface area contributed by atoms with Crippen molar-refractivity contribution in [2.24, 2.45) is 4.99 Å². The number of benzene rings is 1. The number of hydrogen-bond donors (Lipinski definition) is 2. The summed E-state index contributed by atoms with van der Waals surface area (Å²) < 4.78 is 40.1. The molecule has 0 aliphatic heterocycles. The van der Waals surface area contributed by atoms with E-state index in [1.807, 2.05) is 32.9 Å². The standard InChI is InChI=1S/C19H31FN4O2S.HI/c1-4-21-18(22-13-14-27(25,26)24(5-2)6-3)23-15-19(11-12-19)16-9-7-8-10-17(16)20;/h7-10H,4-6,11-15H2,1-3H3,(H2,21,22,23);1H. The number of nitrogens with one attached hydrogen (secondary N) is 2. The molecule has 0 heterocycles. The number of hydrogen-bond acceptors (Lipinski definition) is 3. The molecule has 9 heteroatoms. The van der Waals surface area contributed by atoms with E-state index < -0.39 is 10.0 Å². The summed E-state index contributed by atoms with van der Waals surface area (Å²) in [7, 11) is -3.27. The molecule has 0 atom stereocenters. The van der Waals surface area contributed by atoms with Crippen molar-refractivity contribution >= 4 is 40.0 Å². The quantitative estimate of drug-likeness (QED) is 0.280. The highest BCUT2D eigenvalue weighted by molar-refractivity contribution is 14.0. The summed E-state index contributed by atoms with van der Waals surface area (Å²) in [4.78, 5) is 4.59. The van der Waals surface area contributed by atoms with Crippen LogP contribution in [-0.4, -0.2) is 57.2 Å². The first-order valence-electron chi connectivity index (χ1n) is 9.63. The van der Waals surface area contributed by atoms with E-state index in [1.165, 1.54) is 10.4 Å². The Labute approximate surface area is 185 Å². The Morgan fingerprint density at radius 1 is 1.18 bits per heavy atom. The van der Waals surface area contributed by atoms with Crippen LogP contribution in [0.5, 0.6) is 0 Å². The predicted octanol–water partition coefficient (Wildman–Crippen LogP) is 2.70. The van der Waals surface area contributed by atoms with Crippen LogP contribution < -0.4 is 10.6 Å². The minimum absolute atomic E-state index is 0. The zero-order valence-electron chi connectivity index (χ0n) is 16.9. The minimum Gasteiger partial charge on any atom is -0.357 e. The van der Waals surface area contributed by atoms with Gasteiger partial charge in [0.05, 0.1) is 12.3 Å². The molecule has 1 aliphatic rings. The largest absolute Gasteiger partial charge is 0.357 e. The highest BCUT2D eigenvalue weighted by atomic mass is 127. The van der Waals surface area contributed by atoms with E-state index in [-0.39, 0.29) is 47.5 Å². The highest BCUT2D eigenvalue weighted by Gasteiger charge is 2.45. The van der Waals surface area contributed by atoms with E-state index in [0.29, 0.717) is 37.7 Å². The third-order valence-electron chi connectivity index (χ3n) is 4.93. The van der Waals surface area contributed by atoms with Gasteiger partial charge in [-0.2, -0.15) is 0 Å². The molecule has 160 valence electrons. The average molecular weight is 526 g/mol. The second-order valence-corrected chi connectivity index (χ2v) is 8.87. The summed E-state index contributed by atoms with van der Waals surface area (Å²) in [6.45, 7) is 7.98. The maximum absolute atomic E-state index is 14.1. The predicted molar refractivity (Wildman–Crippen MR) is 123 cm³/mol. The van der Waals surface area contributed by atoms with E-state index in [4.69, 9.17) is 0 Å². The molecule has 0 unspecified atom stereocenters. The van der Waals surface area contributed by atoms with E-state index in [1.54, 1.807) is 6.07 Å². The molecule has 0 radical (unpaired) electrons. The second-order valence-electron chi connectivity index (χ2n) is 6.78. The zero-order chi connectivity index (χ0) is 19.9. The summed E-state index contributed by atoms with van der Waals surface area (Å²) in [6.07, 6.45) is 1.82. The fourth-order valence-electron chi connectivity index (χ4n) is 3.17. The van der Waals surface area contributed by atoms with Crippen LogP contribution in [0, 0.1) is 5.82 Å². The number of aliphatic imine (C=N–C) groups is 1. The lowest BCUT2D eigenvalue weighted by molar-refractivity contribution is 0.445. The van der Waals surface area contributed by atoms with Crippen LogP contribution in [0.15, 0.2) is 29.3 Å². The van der Waals surface area contributed by atoms with Crippen molar-refractivity contribution in [1.29, 1.82) is 0 Å². The fraction of sp³-hybridized carbons (Fsp3) is 0.632. The molecule has 2 rings (SSSR count). The van der Waals surface area contributed by atoms with Crippen molar-refractivity contribution in [3.05, 3.63) is 35.6 Å². The van der Waals surface area contributed by atoms with Crippen molar-refractivity contribution in [3.63, 3.8) is 0 Å². The molecule has 1 aromatic carbocycles. The van der Waals surface area contributed by atoms with Gasteiger partial charge in [-0.1, -0.05) is 32.0 Å². The molecule has 28 heavy (non-hydrogen) atoms. The molecule has 1 fully saturated rings. The van der Waals surface area contributed by atoms with E-state index in [9.17, 15) is 12.8 Å². The smallest absolute Gasteiger partial charge is 0.215 e. The maximum Gasteiger partial charge on any atom is 0.215 e. The van der Waals surface area contributed by atoms with Crippen molar-refractivity contribution < 1.29 is 12.8 Å². The number of rotatable bonds is 10.